The molecular formula is C16H21F2NO2. The predicted octanol–water partition coefficient (Wildman–Crippen LogP) is 3.25. The lowest BCUT2D eigenvalue weighted by Crippen LogP contribution is -2.45. The van der Waals surface area contributed by atoms with E-state index in [2.05, 4.69) is 4.90 Å². The summed E-state index contributed by atoms with van der Waals surface area (Å²) in [5, 5.41) is 9.52. The maximum absolute atomic E-state index is 14.0. The summed E-state index contributed by atoms with van der Waals surface area (Å²) in [5.74, 6) is -3.44. The molecule has 5 heteroatoms. The number of benzene rings is 1. The van der Waals surface area contributed by atoms with Gasteiger partial charge in [0.05, 0.1) is 5.92 Å². The van der Waals surface area contributed by atoms with Gasteiger partial charge in [-0.1, -0.05) is 6.07 Å². The summed E-state index contributed by atoms with van der Waals surface area (Å²) in [6, 6.07) is 3.15. The molecule has 1 aliphatic heterocycles. The van der Waals surface area contributed by atoms with Crippen LogP contribution in [0.5, 0.6) is 0 Å². The summed E-state index contributed by atoms with van der Waals surface area (Å²) in [6.45, 7) is 8.32. The first kappa shape index (κ1) is 15.9. The minimum atomic E-state index is -0.942. The predicted molar refractivity (Wildman–Crippen MR) is 76.1 cm³/mol. The molecule has 1 aromatic rings. The molecule has 3 nitrogen and oxygen atoms in total. The number of nitrogens with zero attached hydrogens (tertiary/aromatic N) is 1. The Labute approximate surface area is 123 Å². The third kappa shape index (κ3) is 2.93. The molecule has 1 N–H and O–H groups in total. The summed E-state index contributed by atoms with van der Waals surface area (Å²) in [4.78, 5) is 13.7. The summed E-state index contributed by atoms with van der Waals surface area (Å²) in [6.07, 6.45) is 0. The number of hydrogen-bond donors (Lipinski definition) is 1. The normalized spacial score (nSPS) is 27.0. The van der Waals surface area contributed by atoms with E-state index in [4.69, 9.17) is 0 Å². The Morgan fingerprint density at radius 2 is 1.95 bits per heavy atom. The van der Waals surface area contributed by atoms with E-state index in [-0.39, 0.29) is 17.1 Å². The van der Waals surface area contributed by atoms with Crippen molar-refractivity contribution >= 4 is 5.97 Å². The standard InChI is InChI=1S/C16H21F2NO2/c1-9-14(15(20)21)12(8-19(9)16(2,3)4)11-6-5-10(17)7-13(11)18/h5-7,9,12,14H,8H2,1-4H3,(H,20,21)/t9?,12-,14+/m0/s1. The number of likely N-dealkylation sites (tertiary alicyclic amines) is 1. The maximum atomic E-state index is 14.0. The Bertz CT molecular complexity index is 554. The van der Waals surface area contributed by atoms with Gasteiger partial charge in [-0.25, -0.2) is 8.78 Å². The minimum absolute atomic E-state index is 0.210. The molecule has 0 spiro atoms. The fourth-order valence-electron chi connectivity index (χ4n) is 3.38. The quantitative estimate of drug-likeness (QED) is 0.911. The summed E-state index contributed by atoms with van der Waals surface area (Å²) >= 11 is 0. The summed E-state index contributed by atoms with van der Waals surface area (Å²) in [7, 11) is 0. The molecule has 1 aliphatic rings. The van der Waals surface area contributed by atoms with E-state index in [9.17, 15) is 18.7 Å². The number of carbonyl (C=O) groups is 1. The van der Waals surface area contributed by atoms with Gasteiger partial charge in [-0.05, 0) is 39.3 Å². The van der Waals surface area contributed by atoms with Crippen molar-refractivity contribution in [3.05, 3.63) is 35.4 Å². The van der Waals surface area contributed by atoms with Crippen molar-refractivity contribution in [2.75, 3.05) is 6.54 Å². The lowest BCUT2D eigenvalue weighted by molar-refractivity contribution is -0.143. The van der Waals surface area contributed by atoms with Crippen LogP contribution in [0.3, 0.4) is 0 Å². The number of halogens is 2. The van der Waals surface area contributed by atoms with Crippen LogP contribution in [0, 0.1) is 17.6 Å². The zero-order valence-electron chi connectivity index (χ0n) is 12.7. The SMILES string of the molecule is CC1[C@@H](C(=O)O)[C@H](c2ccc(F)cc2F)CN1C(C)(C)C. The molecule has 3 atom stereocenters. The van der Waals surface area contributed by atoms with Crippen molar-refractivity contribution in [2.45, 2.75) is 45.2 Å². The minimum Gasteiger partial charge on any atom is -0.481 e. The van der Waals surface area contributed by atoms with Crippen LogP contribution in [0.4, 0.5) is 8.78 Å². The molecule has 0 amide bonds. The van der Waals surface area contributed by atoms with E-state index in [0.29, 0.717) is 6.54 Å². The van der Waals surface area contributed by atoms with Crippen LogP contribution >= 0.6 is 0 Å². The van der Waals surface area contributed by atoms with Gasteiger partial charge in [0.1, 0.15) is 11.6 Å². The maximum Gasteiger partial charge on any atom is 0.308 e. The molecule has 1 fully saturated rings. The van der Waals surface area contributed by atoms with Crippen LogP contribution in [-0.4, -0.2) is 34.1 Å². The van der Waals surface area contributed by atoms with Gasteiger partial charge in [0.2, 0.25) is 0 Å². The number of rotatable bonds is 2. The Morgan fingerprint density at radius 3 is 2.43 bits per heavy atom. The van der Waals surface area contributed by atoms with Crippen LogP contribution in [-0.2, 0) is 4.79 Å². The summed E-state index contributed by atoms with van der Waals surface area (Å²) in [5.41, 5.74) is 0.0701. The zero-order valence-corrected chi connectivity index (χ0v) is 12.7. The first-order valence-corrected chi connectivity index (χ1v) is 7.07. The van der Waals surface area contributed by atoms with Gasteiger partial charge in [0, 0.05) is 30.1 Å². The van der Waals surface area contributed by atoms with E-state index in [1.165, 1.54) is 12.1 Å². The number of aliphatic carboxylic acids is 1. The summed E-state index contributed by atoms with van der Waals surface area (Å²) < 4.78 is 27.1. The molecule has 0 bridgehead atoms. The molecular weight excluding hydrogens is 276 g/mol. The Hall–Kier alpha value is -1.49. The van der Waals surface area contributed by atoms with Crippen LogP contribution < -0.4 is 0 Å². The third-order valence-corrected chi connectivity index (χ3v) is 4.35. The Balaban J connectivity index is 2.44. The topological polar surface area (TPSA) is 40.5 Å². The van der Waals surface area contributed by atoms with Crippen molar-refractivity contribution in [2.24, 2.45) is 5.92 Å². The van der Waals surface area contributed by atoms with Crippen molar-refractivity contribution in [1.82, 2.24) is 4.90 Å². The molecule has 1 aromatic carbocycles. The van der Waals surface area contributed by atoms with Crippen molar-refractivity contribution in [3.63, 3.8) is 0 Å². The average Bonchev–Trinajstić information content (AvgIpc) is 2.66. The van der Waals surface area contributed by atoms with Gasteiger partial charge in [-0.15, -0.1) is 0 Å². The average molecular weight is 297 g/mol. The molecule has 2 rings (SSSR count). The molecule has 0 saturated carbocycles. The number of carboxylic acids is 1. The first-order valence-electron chi connectivity index (χ1n) is 7.07. The molecule has 1 saturated heterocycles. The van der Waals surface area contributed by atoms with Gasteiger partial charge >= 0.3 is 5.97 Å². The van der Waals surface area contributed by atoms with Crippen LogP contribution in [0.1, 0.15) is 39.2 Å². The second-order valence-electron chi connectivity index (χ2n) is 6.70. The fourth-order valence-corrected chi connectivity index (χ4v) is 3.38. The molecule has 1 heterocycles. The lowest BCUT2D eigenvalue weighted by atomic mass is 9.85. The fraction of sp³-hybridized carbons (Fsp3) is 0.562. The van der Waals surface area contributed by atoms with Gasteiger partial charge in [-0.2, -0.15) is 0 Å². The highest BCUT2D eigenvalue weighted by Gasteiger charge is 2.48. The van der Waals surface area contributed by atoms with Crippen molar-refractivity contribution in [1.29, 1.82) is 0 Å². The highest BCUT2D eigenvalue weighted by Crippen LogP contribution is 2.41. The monoisotopic (exact) mass is 297 g/mol. The second kappa shape index (κ2) is 5.37. The van der Waals surface area contributed by atoms with E-state index in [1.54, 1.807) is 0 Å². The number of carboxylic acid groups (broad SMARTS) is 1. The molecule has 0 aliphatic carbocycles. The molecule has 1 unspecified atom stereocenters. The van der Waals surface area contributed by atoms with Gasteiger partial charge in [0.15, 0.2) is 0 Å². The van der Waals surface area contributed by atoms with Crippen molar-refractivity contribution < 1.29 is 18.7 Å². The van der Waals surface area contributed by atoms with Crippen molar-refractivity contribution in [3.8, 4) is 0 Å². The van der Waals surface area contributed by atoms with E-state index < -0.39 is 29.4 Å². The Kier molecular flexibility index (Phi) is 4.06. The number of hydrogen-bond acceptors (Lipinski definition) is 2. The van der Waals surface area contributed by atoms with Gasteiger partial charge in [0.25, 0.3) is 0 Å². The lowest BCUT2D eigenvalue weighted by Gasteiger charge is -2.36. The van der Waals surface area contributed by atoms with Gasteiger partial charge < -0.3 is 5.11 Å². The van der Waals surface area contributed by atoms with E-state index in [0.717, 1.165) is 6.07 Å². The smallest absolute Gasteiger partial charge is 0.308 e. The molecule has 21 heavy (non-hydrogen) atoms. The molecule has 0 radical (unpaired) electrons. The van der Waals surface area contributed by atoms with E-state index in [1.807, 2.05) is 27.7 Å². The largest absolute Gasteiger partial charge is 0.481 e. The first-order chi connectivity index (χ1) is 9.62. The van der Waals surface area contributed by atoms with Crippen LogP contribution in [0.2, 0.25) is 0 Å². The molecule has 0 aromatic heterocycles. The highest BCUT2D eigenvalue weighted by molar-refractivity contribution is 5.73. The van der Waals surface area contributed by atoms with Crippen LogP contribution in [0.25, 0.3) is 0 Å². The van der Waals surface area contributed by atoms with Crippen LogP contribution in [0.15, 0.2) is 18.2 Å². The molecule has 116 valence electrons. The highest BCUT2D eigenvalue weighted by atomic mass is 19.1. The second-order valence-corrected chi connectivity index (χ2v) is 6.70. The van der Waals surface area contributed by atoms with E-state index >= 15 is 0 Å². The zero-order chi connectivity index (χ0) is 15.9. The van der Waals surface area contributed by atoms with Gasteiger partial charge in [-0.3, -0.25) is 9.69 Å². The Morgan fingerprint density at radius 1 is 1.33 bits per heavy atom. The third-order valence-electron chi connectivity index (χ3n) is 4.35.